The molecule has 2 atom stereocenters. The largest absolute Gasteiger partial charge is 0.465 e. The predicted octanol–water partition coefficient (Wildman–Crippen LogP) is 4.31. The summed E-state index contributed by atoms with van der Waals surface area (Å²) in [6.07, 6.45) is -1.51. The third-order valence-electron chi connectivity index (χ3n) is 3.70. The molecule has 7 heteroatoms. The lowest BCUT2D eigenvalue weighted by Crippen LogP contribution is -2.30. The third kappa shape index (κ3) is 4.54. The van der Waals surface area contributed by atoms with Gasteiger partial charge in [0.05, 0.1) is 16.1 Å². The molecular weight excluding hydrogens is 351 g/mol. The highest BCUT2D eigenvalue weighted by Crippen LogP contribution is 2.36. The van der Waals surface area contributed by atoms with Crippen molar-refractivity contribution in [3.8, 4) is 0 Å². The SMILES string of the molecule is CO[C@@H](c1cccc(N)c1)[C@H](CNC(=O)O)c1ccc(Cl)c(Cl)c1. The quantitative estimate of drug-likeness (QED) is 0.663. The maximum Gasteiger partial charge on any atom is 0.404 e. The van der Waals surface area contributed by atoms with Crippen LogP contribution in [0.4, 0.5) is 10.5 Å². The molecular formula is C17H18Cl2N2O3. The number of nitrogens with one attached hydrogen (secondary N) is 1. The number of hydrogen-bond donors (Lipinski definition) is 3. The maximum absolute atomic E-state index is 10.9. The topological polar surface area (TPSA) is 84.6 Å². The van der Waals surface area contributed by atoms with E-state index in [1.807, 2.05) is 12.1 Å². The van der Waals surface area contributed by atoms with Crippen LogP contribution >= 0.6 is 23.2 Å². The number of rotatable bonds is 6. The van der Waals surface area contributed by atoms with Gasteiger partial charge in [0.1, 0.15) is 0 Å². The number of nitrogen functional groups attached to an aromatic ring is 1. The summed E-state index contributed by atoms with van der Waals surface area (Å²) >= 11 is 12.1. The summed E-state index contributed by atoms with van der Waals surface area (Å²) in [6.45, 7) is 0.153. The molecule has 0 aromatic heterocycles. The Kier molecular flexibility index (Phi) is 6.31. The van der Waals surface area contributed by atoms with Gasteiger partial charge in [-0.15, -0.1) is 0 Å². The molecule has 0 aliphatic heterocycles. The molecule has 24 heavy (non-hydrogen) atoms. The van der Waals surface area contributed by atoms with Gasteiger partial charge in [-0.1, -0.05) is 41.4 Å². The zero-order valence-electron chi connectivity index (χ0n) is 13.0. The zero-order chi connectivity index (χ0) is 17.7. The Balaban J connectivity index is 2.42. The van der Waals surface area contributed by atoms with E-state index in [0.717, 1.165) is 11.1 Å². The highest BCUT2D eigenvalue weighted by atomic mass is 35.5. The van der Waals surface area contributed by atoms with E-state index >= 15 is 0 Å². The van der Waals surface area contributed by atoms with Crippen molar-refractivity contribution in [2.24, 2.45) is 0 Å². The molecule has 0 heterocycles. The molecule has 128 valence electrons. The van der Waals surface area contributed by atoms with Crippen molar-refractivity contribution >= 4 is 35.0 Å². The van der Waals surface area contributed by atoms with E-state index in [1.54, 1.807) is 37.4 Å². The van der Waals surface area contributed by atoms with Gasteiger partial charge in [0.2, 0.25) is 0 Å². The summed E-state index contributed by atoms with van der Waals surface area (Å²) in [6, 6.07) is 12.5. The maximum atomic E-state index is 10.9. The minimum absolute atomic E-state index is 0.153. The fourth-order valence-electron chi connectivity index (χ4n) is 2.61. The smallest absolute Gasteiger partial charge is 0.404 e. The number of benzene rings is 2. The van der Waals surface area contributed by atoms with Gasteiger partial charge < -0.3 is 20.9 Å². The number of anilines is 1. The first-order chi connectivity index (χ1) is 11.4. The number of amides is 1. The predicted molar refractivity (Wildman–Crippen MR) is 95.8 cm³/mol. The molecule has 2 aromatic rings. The van der Waals surface area contributed by atoms with E-state index in [9.17, 15) is 4.79 Å². The van der Waals surface area contributed by atoms with Crippen molar-refractivity contribution in [3.05, 3.63) is 63.6 Å². The van der Waals surface area contributed by atoms with Crippen LogP contribution in [0.25, 0.3) is 0 Å². The Hall–Kier alpha value is -1.95. The molecule has 0 saturated carbocycles. The van der Waals surface area contributed by atoms with Crippen LogP contribution in [-0.4, -0.2) is 24.9 Å². The second-order valence-electron chi connectivity index (χ2n) is 5.29. The summed E-state index contributed by atoms with van der Waals surface area (Å²) in [4.78, 5) is 10.9. The fourth-order valence-corrected chi connectivity index (χ4v) is 2.92. The summed E-state index contributed by atoms with van der Waals surface area (Å²) in [5.74, 6) is -0.303. The Morgan fingerprint density at radius 1 is 1.21 bits per heavy atom. The second kappa shape index (κ2) is 8.24. The first-order valence-electron chi connectivity index (χ1n) is 7.22. The van der Waals surface area contributed by atoms with Gasteiger partial charge in [0.25, 0.3) is 0 Å². The van der Waals surface area contributed by atoms with Crippen LogP contribution in [0, 0.1) is 0 Å². The minimum Gasteiger partial charge on any atom is -0.465 e. The highest BCUT2D eigenvalue weighted by Gasteiger charge is 2.26. The Morgan fingerprint density at radius 2 is 1.96 bits per heavy atom. The lowest BCUT2D eigenvalue weighted by molar-refractivity contribution is 0.0779. The van der Waals surface area contributed by atoms with Crippen LogP contribution in [0.15, 0.2) is 42.5 Å². The van der Waals surface area contributed by atoms with Gasteiger partial charge in [0.15, 0.2) is 0 Å². The first-order valence-corrected chi connectivity index (χ1v) is 7.98. The average Bonchev–Trinajstić information content (AvgIpc) is 2.54. The Morgan fingerprint density at radius 3 is 2.54 bits per heavy atom. The monoisotopic (exact) mass is 368 g/mol. The van der Waals surface area contributed by atoms with Crippen LogP contribution in [-0.2, 0) is 4.74 Å². The Labute approximate surface area is 150 Å². The minimum atomic E-state index is -1.11. The summed E-state index contributed by atoms with van der Waals surface area (Å²) < 4.78 is 5.65. The van der Waals surface area contributed by atoms with Crippen LogP contribution in [0.5, 0.6) is 0 Å². The van der Waals surface area contributed by atoms with E-state index in [1.165, 1.54) is 0 Å². The normalized spacial score (nSPS) is 13.3. The lowest BCUT2D eigenvalue weighted by Gasteiger charge is -2.27. The van der Waals surface area contributed by atoms with E-state index in [0.29, 0.717) is 15.7 Å². The van der Waals surface area contributed by atoms with Gasteiger partial charge in [-0.3, -0.25) is 0 Å². The van der Waals surface area contributed by atoms with Crippen LogP contribution < -0.4 is 11.1 Å². The van der Waals surface area contributed by atoms with Crippen molar-refractivity contribution < 1.29 is 14.6 Å². The molecule has 0 aliphatic rings. The average molecular weight is 369 g/mol. The lowest BCUT2D eigenvalue weighted by atomic mass is 9.88. The first kappa shape index (κ1) is 18.4. The Bertz CT molecular complexity index is 725. The molecule has 4 N–H and O–H groups in total. The standard InChI is InChI=1S/C17H18Cl2N2O3/c1-24-16(11-3-2-4-12(20)7-11)13(9-21-17(22)23)10-5-6-14(18)15(19)8-10/h2-8,13,16,21H,9,20H2,1H3,(H,22,23)/t13-,16+/m1/s1. The van der Waals surface area contributed by atoms with Crippen molar-refractivity contribution in [2.45, 2.75) is 12.0 Å². The molecule has 0 fully saturated rings. The molecule has 0 spiro atoms. The number of ether oxygens (including phenoxy) is 1. The molecule has 2 rings (SSSR count). The number of carboxylic acid groups (broad SMARTS) is 1. The van der Waals surface area contributed by atoms with E-state index in [2.05, 4.69) is 5.32 Å². The highest BCUT2D eigenvalue weighted by molar-refractivity contribution is 6.42. The van der Waals surface area contributed by atoms with Crippen molar-refractivity contribution in [1.82, 2.24) is 5.32 Å². The molecule has 2 aromatic carbocycles. The van der Waals surface area contributed by atoms with Gasteiger partial charge in [-0.25, -0.2) is 4.79 Å². The zero-order valence-corrected chi connectivity index (χ0v) is 14.5. The van der Waals surface area contributed by atoms with Crippen LogP contribution in [0.1, 0.15) is 23.1 Å². The summed E-state index contributed by atoms with van der Waals surface area (Å²) in [7, 11) is 1.57. The third-order valence-corrected chi connectivity index (χ3v) is 4.44. The summed E-state index contributed by atoms with van der Waals surface area (Å²) in [5.41, 5.74) is 8.12. The molecule has 0 saturated heterocycles. The van der Waals surface area contributed by atoms with E-state index in [-0.39, 0.29) is 12.5 Å². The second-order valence-corrected chi connectivity index (χ2v) is 6.11. The van der Waals surface area contributed by atoms with Crippen LogP contribution in [0.2, 0.25) is 10.0 Å². The molecule has 0 unspecified atom stereocenters. The number of nitrogens with two attached hydrogens (primary N) is 1. The van der Waals surface area contributed by atoms with Gasteiger partial charge in [0, 0.05) is 25.3 Å². The van der Waals surface area contributed by atoms with Crippen molar-refractivity contribution in [2.75, 3.05) is 19.4 Å². The molecule has 0 bridgehead atoms. The fraction of sp³-hybridized carbons (Fsp3) is 0.235. The number of hydrogen-bond acceptors (Lipinski definition) is 3. The molecule has 0 aliphatic carbocycles. The molecule has 1 amide bonds. The van der Waals surface area contributed by atoms with E-state index in [4.69, 9.17) is 38.8 Å². The van der Waals surface area contributed by atoms with E-state index < -0.39 is 12.2 Å². The van der Waals surface area contributed by atoms with Gasteiger partial charge in [-0.2, -0.15) is 0 Å². The number of methoxy groups -OCH3 is 1. The van der Waals surface area contributed by atoms with Crippen molar-refractivity contribution in [1.29, 1.82) is 0 Å². The number of carbonyl (C=O) groups is 1. The molecule has 5 nitrogen and oxygen atoms in total. The van der Waals surface area contributed by atoms with Gasteiger partial charge in [-0.05, 0) is 35.4 Å². The summed E-state index contributed by atoms with van der Waals surface area (Å²) in [5, 5.41) is 12.2. The van der Waals surface area contributed by atoms with Gasteiger partial charge >= 0.3 is 6.09 Å². The molecule has 0 radical (unpaired) electrons. The van der Waals surface area contributed by atoms with Crippen LogP contribution in [0.3, 0.4) is 0 Å². The number of halogens is 2. The van der Waals surface area contributed by atoms with Crippen molar-refractivity contribution in [3.63, 3.8) is 0 Å².